The smallest absolute Gasteiger partial charge is 0.266 e. The van der Waals surface area contributed by atoms with E-state index in [1.165, 1.54) is 16.7 Å². The molecule has 3 aromatic rings. The van der Waals surface area contributed by atoms with Gasteiger partial charge in [-0.05, 0) is 36.1 Å². The third-order valence-electron chi connectivity index (χ3n) is 5.20. The predicted octanol–water partition coefficient (Wildman–Crippen LogP) is 3.99. The second kappa shape index (κ2) is 8.01. The topological polar surface area (TPSA) is 72.3 Å². The number of benzene rings is 1. The van der Waals surface area contributed by atoms with E-state index in [0.29, 0.717) is 15.6 Å². The molecule has 10 heteroatoms. The van der Waals surface area contributed by atoms with Crippen LogP contribution < -0.4 is 0 Å². The molecular formula is C21H17N3O3S4. The van der Waals surface area contributed by atoms with Gasteiger partial charge in [0.05, 0.1) is 33.0 Å². The molecule has 0 N–H and O–H groups in total. The van der Waals surface area contributed by atoms with Crippen LogP contribution in [0.25, 0.3) is 22.3 Å². The van der Waals surface area contributed by atoms with Crippen LogP contribution >= 0.6 is 35.3 Å². The van der Waals surface area contributed by atoms with Gasteiger partial charge in [0, 0.05) is 11.8 Å². The number of sulfone groups is 1. The van der Waals surface area contributed by atoms with E-state index >= 15 is 0 Å². The molecule has 5 rings (SSSR count). The van der Waals surface area contributed by atoms with Gasteiger partial charge in [-0.15, -0.1) is 11.3 Å². The molecule has 0 radical (unpaired) electrons. The number of rotatable bonds is 4. The minimum atomic E-state index is -3.11. The monoisotopic (exact) mass is 487 g/mol. The SMILES string of the molecule is O=C1/C(=C/c2cn(-c3ccccc3)nc2-c2cccs2)SC(=S)N1[C@@H]1CCS(=O)(=O)C1. The highest BCUT2D eigenvalue weighted by atomic mass is 32.2. The molecule has 0 aliphatic carbocycles. The fraction of sp³-hybridized carbons (Fsp3) is 0.190. The van der Waals surface area contributed by atoms with Crippen LogP contribution in [0.5, 0.6) is 0 Å². The van der Waals surface area contributed by atoms with Crippen LogP contribution in [-0.4, -0.2) is 50.9 Å². The van der Waals surface area contributed by atoms with E-state index in [4.69, 9.17) is 17.3 Å². The Labute approximate surface area is 193 Å². The third-order valence-corrected chi connectivity index (χ3v) is 9.16. The number of amides is 1. The molecule has 0 saturated carbocycles. The number of nitrogens with zero attached hydrogens (tertiary/aromatic N) is 3. The molecule has 2 aliphatic heterocycles. The van der Waals surface area contributed by atoms with Crippen molar-refractivity contribution in [3.8, 4) is 16.3 Å². The van der Waals surface area contributed by atoms with Gasteiger partial charge in [0.25, 0.3) is 5.91 Å². The molecule has 4 heterocycles. The van der Waals surface area contributed by atoms with Crippen molar-refractivity contribution in [2.45, 2.75) is 12.5 Å². The Bertz CT molecular complexity index is 1290. The van der Waals surface area contributed by atoms with E-state index < -0.39 is 9.84 Å². The largest absolute Gasteiger partial charge is 0.289 e. The molecule has 2 fully saturated rings. The minimum Gasteiger partial charge on any atom is -0.289 e. The van der Waals surface area contributed by atoms with Crippen molar-refractivity contribution < 1.29 is 13.2 Å². The summed E-state index contributed by atoms with van der Waals surface area (Å²) in [4.78, 5) is 16.1. The summed E-state index contributed by atoms with van der Waals surface area (Å²) < 4.78 is 26.0. The predicted molar refractivity (Wildman–Crippen MR) is 129 cm³/mol. The summed E-state index contributed by atoms with van der Waals surface area (Å²) in [7, 11) is -3.11. The molecule has 158 valence electrons. The standard InChI is InChI=1S/C21H17N3O3S4/c25-20-18(30-21(28)24(20)16-8-10-31(26,27)13-16)11-14-12-23(15-5-2-1-3-6-15)22-19(14)17-7-4-9-29-17/h1-7,9,11-12,16H,8,10,13H2/b18-11-/t16-/m1/s1. The zero-order chi connectivity index (χ0) is 21.6. The van der Waals surface area contributed by atoms with Gasteiger partial charge in [0.1, 0.15) is 10.0 Å². The molecule has 1 atom stereocenters. The lowest BCUT2D eigenvalue weighted by Gasteiger charge is -2.20. The highest BCUT2D eigenvalue weighted by Crippen LogP contribution is 2.38. The number of carbonyl (C=O) groups is 1. The van der Waals surface area contributed by atoms with E-state index in [-0.39, 0.29) is 23.5 Å². The number of carbonyl (C=O) groups excluding carboxylic acids is 1. The second-order valence-corrected chi connectivity index (χ2v) is 12.2. The number of aromatic nitrogens is 2. The van der Waals surface area contributed by atoms with Crippen LogP contribution in [0.15, 0.2) is 58.9 Å². The lowest BCUT2D eigenvalue weighted by atomic mass is 10.2. The van der Waals surface area contributed by atoms with Crippen LogP contribution in [0.2, 0.25) is 0 Å². The molecule has 0 bridgehead atoms. The zero-order valence-electron chi connectivity index (χ0n) is 16.2. The average molecular weight is 488 g/mol. The maximum absolute atomic E-state index is 13.1. The van der Waals surface area contributed by atoms with Gasteiger partial charge in [-0.1, -0.05) is 48.2 Å². The Morgan fingerprint density at radius 1 is 1.16 bits per heavy atom. The van der Waals surface area contributed by atoms with Gasteiger partial charge in [-0.2, -0.15) is 5.10 Å². The van der Waals surface area contributed by atoms with Gasteiger partial charge in [-0.3, -0.25) is 9.69 Å². The fourth-order valence-corrected chi connectivity index (χ4v) is 7.55. The van der Waals surface area contributed by atoms with Crippen LogP contribution in [0.3, 0.4) is 0 Å². The first-order valence-corrected chi connectivity index (χ1v) is 13.5. The van der Waals surface area contributed by atoms with Gasteiger partial charge in [-0.25, -0.2) is 13.1 Å². The van der Waals surface area contributed by atoms with Gasteiger partial charge < -0.3 is 0 Å². The number of thioether (sulfide) groups is 1. The first kappa shape index (κ1) is 20.6. The van der Waals surface area contributed by atoms with Crippen LogP contribution in [0.1, 0.15) is 12.0 Å². The third kappa shape index (κ3) is 4.00. The van der Waals surface area contributed by atoms with Crippen molar-refractivity contribution in [3.63, 3.8) is 0 Å². The molecule has 2 saturated heterocycles. The second-order valence-electron chi connectivity index (χ2n) is 7.30. The summed E-state index contributed by atoms with van der Waals surface area (Å²) in [6.45, 7) is 0. The van der Waals surface area contributed by atoms with E-state index in [1.807, 2.05) is 60.1 Å². The number of thiophene rings is 1. The lowest BCUT2D eigenvalue weighted by Crippen LogP contribution is -2.39. The maximum atomic E-state index is 13.1. The van der Waals surface area contributed by atoms with Crippen molar-refractivity contribution in [1.29, 1.82) is 0 Å². The summed E-state index contributed by atoms with van der Waals surface area (Å²) in [5.74, 6) is -0.166. The molecule has 31 heavy (non-hydrogen) atoms. The number of thiocarbonyl (C=S) groups is 1. The molecule has 0 spiro atoms. The van der Waals surface area contributed by atoms with Crippen LogP contribution in [0, 0.1) is 0 Å². The lowest BCUT2D eigenvalue weighted by molar-refractivity contribution is -0.123. The Hall–Kier alpha value is -2.27. The molecule has 0 unspecified atom stereocenters. The summed E-state index contributed by atoms with van der Waals surface area (Å²) in [6, 6.07) is 13.4. The fourth-order valence-electron chi connectivity index (χ4n) is 3.73. The zero-order valence-corrected chi connectivity index (χ0v) is 19.4. The van der Waals surface area contributed by atoms with Crippen LogP contribution in [-0.2, 0) is 14.6 Å². The molecule has 1 aromatic carbocycles. The summed E-state index contributed by atoms with van der Waals surface area (Å²) >= 11 is 8.22. The quantitative estimate of drug-likeness (QED) is 0.409. The Balaban J connectivity index is 1.52. The van der Waals surface area contributed by atoms with E-state index in [1.54, 1.807) is 16.0 Å². The van der Waals surface area contributed by atoms with Gasteiger partial charge in [0.15, 0.2) is 9.84 Å². The van der Waals surface area contributed by atoms with Gasteiger partial charge >= 0.3 is 0 Å². The Morgan fingerprint density at radius 3 is 2.65 bits per heavy atom. The van der Waals surface area contributed by atoms with E-state index in [2.05, 4.69) is 0 Å². The van der Waals surface area contributed by atoms with Crippen molar-refractivity contribution in [2.75, 3.05) is 11.5 Å². The number of para-hydroxylation sites is 1. The average Bonchev–Trinajstić information content (AvgIpc) is 3.51. The normalized spacial score (nSPS) is 22.0. The first-order chi connectivity index (χ1) is 14.9. The molecular weight excluding hydrogens is 471 g/mol. The Morgan fingerprint density at radius 2 is 1.97 bits per heavy atom. The Kier molecular flexibility index (Phi) is 5.33. The van der Waals surface area contributed by atoms with Crippen LogP contribution in [0.4, 0.5) is 0 Å². The first-order valence-electron chi connectivity index (χ1n) is 9.58. The summed E-state index contributed by atoms with van der Waals surface area (Å²) in [5.41, 5.74) is 2.52. The van der Waals surface area contributed by atoms with E-state index in [0.717, 1.165) is 21.8 Å². The van der Waals surface area contributed by atoms with Crippen molar-refractivity contribution in [1.82, 2.24) is 14.7 Å². The highest BCUT2D eigenvalue weighted by molar-refractivity contribution is 8.26. The van der Waals surface area contributed by atoms with Crippen molar-refractivity contribution in [2.24, 2.45) is 0 Å². The van der Waals surface area contributed by atoms with Crippen molar-refractivity contribution in [3.05, 3.63) is 64.5 Å². The highest BCUT2D eigenvalue weighted by Gasteiger charge is 2.42. The summed E-state index contributed by atoms with van der Waals surface area (Å²) in [5, 5.41) is 6.75. The summed E-state index contributed by atoms with van der Waals surface area (Å²) in [6.07, 6.45) is 4.13. The van der Waals surface area contributed by atoms with E-state index in [9.17, 15) is 13.2 Å². The molecule has 6 nitrogen and oxygen atoms in total. The maximum Gasteiger partial charge on any atom is 0.266 e. The number of hydrogen-bond acceptors (Lipinski definition) is 7. The van der Waals surface area contributed by atoms with Gasteiger partial charge in [0.2, 0.25) is 0 Å². The number of hydrogen-bond donors (Lipinski definition) is 0. The molecule has 1 amide bonds. The molecule has 2 aliphatic rings. The molecule has 2 aromatic heterocycles. The van der Waals surface area contributed by atoms with Crippen molar-refractivity contribution >= 4 is 61.5 Å². The minimum absolute atomic E-state index is 0.0287.